The minimum absolute atomic E-state index is 0.0899. The van der Waals surface area contributed by atoms with Crippen LogP contribution in [-0.2, 0) is 4.79 Å². The summed E-state index contributed by atoms with van der Waals surface area (Å²) in [5.74, 6) is 1.51. The molecule has 1 amide bonds. The van der Waals surface area contributed by atoms with Gasteiger partial charge in [0.25, 0.3) is 5.91 Å². The number of likely N-dealkylation sites (tertiary alicyclic amines) is 1. The van der Waals surface area contributed by atoms with E-state index in [9.17, 15) is 4.79 Å². The highest BCUT2D eigenvalue weighted by molar-refractivity contribution is 6.35. The van der Waals surface area contributed by atoms with Crippen molar-refractivity contribution in [2.75, 3.05) is 26.1 Å². The van der Waals surface area contributed by atoms with Crippen molar-refractivity contribution in [1.29, 1.82) is 0 Å². The standard InChI is InChI=1S/C21H24Cl2N2O3/c1-13(21(26)24-18-11-14(22)6-8-17(18)23)25-10-4-5-19(25)16-12-15(27-2)7-9-20(16)28-3/h6-9,11-13,19H,4-5,10H2,1-3H3,(H,24,26)/p+1/t13-,19+/m0/s1. The Hall–Kier alpha value is -1.95. The molecule has 1 heterocycles. The molecule has 2 N–H and O–H groups in total. The molecule has 150 valence electrons. The summed E-state index contributed by atoms with van der Waals surface area (Å²) in [6.45, 7) is 2.84. The Morgan fingerprint density at radius 3 is 2.68 bits per heavy atom. The van der Waals surface area contributed by atoms with Crippen LogP contribution < -0.4 is 19.7 Å². The Bertz CT molecular complexity index is 860. The van der Waals surface area contributed by atoms with E-state index in [1.54, 1.807) is 32.4 Å². The maximum Gasteiger partial charge on any atom is 0.282 e. The van der Waals surface area contributed by atoms with Crippen LogP contribution in [0.3, 0.4) is 0 Å². The van der Waals surface area contributed by atoms with Gasteiger partial charge in [-0.15, -0.1) is 0 Å². The lowest BCUT2D eigenvalue weighted by Crippen LogP contribution is -3.15. The number of anilines is 1. The van der Waals surface area contributed by atoms with Crippen molar-refractivity contribution >= 4 is 34.8 Å². The molecule has 1 unspecified atom stereocenters. The summed E-state index contributed by atoms with van der Waals surface area (Å²) in [5, 5.41) is 3.91. The monoisotopic (exact) mass is 423 g/mol. The molecule has 2 aromatic rings. The van der Waals surface area contributed by atoms with E-state index in [1.165, 1.54) is 4.90 Å². The van der Waals surface area contributed by atoms with Gasteiger partial charge in [-0.05, 0) is 43.3 Å². The molecule has 0 saturated carbocycles. The quantitative estimate of drug-likeness (QED) is 0.743. The van der Waals surface area contributed by atoms with Crippen LogP contribution in [0.4, 0.5) is 5.69 Å². The number of halogens is 2. The van der Waals surface area contributed by atoms with E-state index in [0.717, 1.165) is 36.4 Å². The summed E-state index contributed by atoms with van der Waals surface area (Å²) in [6, 6.07) is 10.7. The zero-order chi connectivity index (χ0) is 20.3. The average molecular weight is 424 g/mol. The van der Waals surface area contributed by atoms with Gasteiger partial charge in [-0.1, -0.05) is 23.2 Å². The van der Waals surface area contributed by atoms with E-state index < -0.39 is 0 Å². The number of carbonyl (C=O) groups excluding carboxylic acids is 1. The Balaban J connectivity index is 1.82. The van der Waals surface area contributed by atoms with Gasteiger partial charge in [0, 0.05) is 17.9 Å². The molecule has 3 atom stereocenters. The van der Waals surface area contributed by atoms with E-state index in [4.69, 9.17) is 32.7 Å². The zero-order valence-corrected chi connectivity index (χ0v) is 17.7. The highest BCUT2D eigenvalue weighted by atomic mass is 35.5. The molecule has 0 bridgehead atoms. The number of methoxy groups -OCH3 is 2. The van der Waals surface area contributed by atoms with E-state index in [0.29, 0.717) is 15.7 Å². The van der Waals surface area contributed by atoms with E-state index >= 15 is 0 Å². The van der Waals surface area contributed by atoms with Crippen molar-refractivity contribution in [3.8, 4) is 11.5 Å². The van der Waals surface area contributed by atoms with Crippen LogP contribution in [0.2, 0.25) is 10.0 Å². The summed E-state index contributed by atoms with van der Waals surface area (Å²) >= 11 is 12.2. The molecule has 2 aromatic carbocycles. The SMILES string of the molecule is COc1ccc(OC)c([C@H]2CCC[NH+]2[C@@H](C)C(=O)Nc2cc(Cl)ccc2Cl)c1. The Labute approximate surface area is 175 Å². The molecule has 1 aliphatic heterocycles. The van der Waals surface area contributed by atoms with Gasteiger partial charge in [0.1, 0.15) is 17.5 Å². The van der Waals surface area contributed by atoms with Gasteiger partial charge in [0.15, 0.2) is 6.04 Å². The number of amides is 1. The van der Waals surface area contributed by atoms with E-state index in [1.807, 2.05) is 25.1 Å². The van der Waals surface area contributed by atoms with E-state index in [-0.39, 0.29) is 18.0 Å². The molecular weight excluding hydrogens is 399 g/mol. The number of hydrogen-bond acceptors (Lipinski definition) is 3. The van der Waals surface area contributed by atoms with Crippen LogP contribution in [0.15, 0.2) is 36.4 Å². The van der Waals surface area contributed by atoms with Gasteiger partial charge in [-0.3, -0.25) is 4.79 Å². The van der Waals surface area contributed by atoms with Crippen LogP contribution in [0, 0.1) is 0 Å². The third-order valence-electron chi connectivity index (χ3n) is 5.35. The second-order valence-electron chi connectivity index (χ2n) is 6.96. The van der Waals surface area contributed by atoms with Crippen molar-refractivity contribution in [2.45, 2.75) is 31.8 Å². The van der Waals surface area contributed by atoms with Gasteiger partial charge in [0.2, 0.25) is 0 Å². The maximum absolute atomic E-state index is 12.9. The first kappa shape index (κ1) is 20.8. The fraction of sp³-hybridized carbons (Fsp3) is 0.381. The number of quaternary nitrogens is 1. The first-order valence-corrected chi connectivity index (χ1v) is 10.0. The predicted molar refractivity (Wildman–Crippen MR) is 112 cm³/mol. The lowest BCUT2D eigenvalue weighted by Gasteiger charge is -2.28. The fourth-order valence-corrected chi connectivity index (χ4v) is 4.19. The molecular formula is C21H25Cl2N2O3+. The number of benzene rings is 2. The lowest BCUT2D eigenvalue weighted by molar-refractivity contribution is -0.932. The van der Waals surface area contributed by atoms with Crippen LogP contribution in [-0.4, -0.2) is 32.7 Å². The molecule has 0 spiro atoms. The normalized spacial score (nSPS) is 19.9. The molecule has 0 aromatic heterocycles. The van der Waals surface area contributed by atoms with Gasteiger partial charge in [-0.25, -0.2) is 0 Å². The first-order chi connectivity index (χ1) is 13.4. The minimum Gasteiger partial charge on any atom is -0.497 e. The molecule has 3 rings (SSSR count). The highest BCUT2D eigenvalue weighted by Gasteiger charge is 2.38. The van der Waals surface area contributed by atoms with Gasteiger partial charge in [-0.2, -0.15) is 0 Å². The Morgan fingerprint density at radius 1 is 1.18 bits per heavy atom. The molecule has 0 radical (unpaired) electrons. The minimum atomic E-state index is -0.265. The summed E-state index contributed by atoms with van der Waals surface area (Å²) in [6.07, 6.45) is 2.02. The summed E-state index contributed by atoms with van der Waals surface area (Å²) in [5.41, 5.74) is 1.59. The number of carbonyl (C=O) groups is 1. The predicted octanol–water partition coefficient (Wildman–Crippen LogP) is 3.76. The number of ether oxygens (including phenoxy) is 2. The van der Waals surface area contributed by atoms with E-state index in [2.05, 4.69) is 5.32 Å². The van der Waals surface area contributed by atoms with Crippen molar-refractivity contribution in [2.24, 2.45) is 0 Å². The number of hydrogen-bond donors (Lipinski definition) is 2. The number of rotatable bonds is 6. The third-order valence-corrected chi connectivity index (χ3v) is 5.92. The maximum atomic E-state index is 12.9. The second kappa shape index (κ2) is 9.03. The van der Waals surface area contributed by atoms with Crippen LogP contribution in [0.1, 0.15) is 31.4 Å². The van der Waals surface area contributed by atoms with Gasteiger partial charge < -0.3 is 19.7 Å². The van der Waals surface area contributed by atoms with Crippen LogP contribution in [0.5, 0.6) is 11.5 Å². The molecule has 1 aliphatic rings. The molecule has 7 heteroatoms. The van der Waals surface area contributed by atoms with Crippen molar-refractivity contribution in [3.63, 3.8) is 0 Å². The number of nitrogens with one attached hydrogen (secondary N) is 2. The summed E-state index contributed by atoms with van der Waals surface area (Å²) in [4.78, 5) is 14.1. The summed E-state index contributed by atoms with van der Waals surface area (Å²) in [7, 11) is 3.31. The molecule has 1 fully saturated rings. The highest BCUT2D eigenvalue weighted by Crippen LogP contribution is 2.32. The third kappa shape index (κ3) is 4.37. The topological polar surface area (TPSA) is 52.0 Å². The molecule has 0 aliphatic carbocycles. The second-order valence-corrected chi connectivity index (χ2v) is 7.81. The molecule has 1 saturated heterocycles. The molecule has 5 nitrogen and oxygen atoms in total. The Kier molecular flexibility index (Phi) is 6.70. The fourth-order valence-electron chi connectivity index (χ4n) is 3.86. The van der Waals surface area contributed by atoms with Crippen molar-refractivity contribution in [1.82, 2.24) is 0 Å². The van der Waals surface area contributed by atoms with Crippen LogP contribution in [0.25, 0.3) is 0 Å². The van der Waals surface area contributed by atoms with Gasteiger partial charge >= 0.3 is 0 Å². The first-order valence-electron chi connectivity index (χ1n) is 9.28. The smallest absolute Gasteiger partial charge is 0.282 e. The molecule has 28 heavy (non-hydrogen) atoms. The average Bonchev–Trinajstić information content (AvgIpc) is 3.19. The zero-order valence-electron chi connectivity index (χ0n) is 16.2. The van der Waals surface area contributed by atoms with Crippen LogP contribution >= 0.6 is 23.2 Å². The van der Waals surface area contributed by atoms with Gasteiger partial charge in [0.05, 0.1) is 37.0 Å². The summed E-state index contributed by atoms with van der Waals surface area (Å²) < 4.78 is 11.0. The van der Waals surface area contributed by atoms with Crippen molar-refractivity contribution in [3.05, 3.63) is 52.0 Å². The van der Waals surface area contributed by atoms with Crippen molar-refractivity contribution < 1.29 is 19.2 Å². The Morgan fingerprint density at radius 2 is 1.96 bits per heavy atom. The lowest BCUT2D eigenvalue weighted by atomic mass is 10.0. The largest absolute Gasteiger partial charge is 0.497 e.